The maximum absolute atomic E-state index is 4.72. The Morgan fingerprint density at radius 1 is 0.731 bits per heavy atom. The summed E-state index contributed by atoms with van der Waals surface area (Å²) in [6, 6.07) is 43.2. The van der Waals surface area contributed by atoms with Crippen molar-refractivity contribution in [2.45, 2.75) is 79.4 Å². The molecule has 269 valence electrons. The molecule has 0 saturated heterocycles. The number of hydrogen-bond acceptors (Lipinski definition) is 3. The van der Waals surface area contributed by atoms with E-state index in [1.165, 1.54) is 47.6 Å². The van der Waals surface area contributed by atoms with Crippen LogP contribution in [0.5, 0.6) is 0 Å². The van der Waals surface area contributed by atoms with Crippen molar-refractivity contribution in [1.82, 2.24) is 9.97 Å². The standard InChI is InChI=1S/C28H24NS.C19H26NSi.Ir/c1-3-19(4-2)22-15-16-29-26(18-22)24-12-8-11-23-25-17-21(20-9-6-5-7-10-20)13-14-27(25)30-28(23)24;1-19(2,3)13-16-12-17(15-10-8-7-9-11-15)20-14-18(16)21(4,5)6;/h5-11,13-19H,3-4H2,1-2H3;7-10,12,14H,13H2,1-6H3;/q2*-1;. The Balaban J connectivity index is 0.000000210. The second kappa shape index (κ2) is 16.9. The number of hydrogen-bond donors (Lipinski definition) is 0. The smallest absolute Gasteiger partial charge is 0.0798 e. The van der Waals surface area contributed by atoms with E-state index in [4.69, 9.17) is 9.97 Å². The topological polar surface area (TPSA) is 25.8 Å². The maximum Gasteiger partial charge on any atom is 0.0798 e. The van der Waals surface area contributed by atoms with E-state index in [9.17, 15) is 0 Å². The van der Waals surface area contributed by atoms with E-state index in [0.29, 0.717) is 5.92 Å². The third-order valence-electron chi connectivity index (χ3n) is 9.54. The van der Waals surface area contributed by atoms with Crippen LogP contribution in [0.25, 0.3) is 53.8 Å². The van der Waals surface area contributed by atoms with E-state index in [2.05, 4.69) is 151 Å². The van der Waals surface area contributed by atoms with Gasteiger partial charge in [-0.25, -0.2) is 0 Å². The van der Waals surface area contributed by atoms with Crippen molar-refractivity contribution < 1.29 is 20.1 Å². The third-order valence-corrected chi connectivity index (χ3v) is 12.8. The molecule has 0 aliphatic heterocycles. The van der Waals surface area contributed by atoms with Gasteiger partial charge < -0.3 is 9.97 Å². The average molecular weight is 895 g/mol. The normalized spacial score (nSPS) is 11.7. The molecule has 0 unspecified atom stereocenters. The second-order valence-electron chi connectivity index (χ2n) is 15.8. The monoisotopic (exact) mass is 895 g/mol. The fraction of sp³-hybridized carbons (Fsp3) is 0.277. The Morgan fingerprint density at radius 2 is 1.48 bits per heavy atom. The molecule has 0 fully saturated rings. The summed E-state index contributed by atoms with van der Waals surface area (Å²) in [6.45, 7) is 18.6. The Hall–Kier alpha value is -3.73. The number of pyridine rings is 2. The van der Waals surface area contributed by atoms with Gasteiger partial charge in [0.05, 0.1) is 8.07 Å². The number of aromatic nitrogens is 2. The van der Waals surface area contributed by atoms with Crippen LogP contribution in [0.1, 0.15) is 64.5 Å². The van der Waals surface area contributed by atoms with Crippen LogP contribution in [0.3, 0.4) is 0 Å². The van der Waals surface area contributed by atoms with E-state index in [-0.39, 0.29) is 25.5 Å². The average Bonchev–Trinajstić information content (AvgIpc) is 3.50. The van der Waals surface area contributed by atoms with Gasteiger partial charge in [0, 0.05) is 37.2 Å². The summed E-state index contributed by atoms with van der Waals surface area (Å²) < 4.78 is 2.58. The molecule has 4 aromatic carbocycles. The molecule has 5 heteroatoms. The number of nitrogens with zero attached hydrogens (tertiary/aromatic N) is 2. The SMILES string of the molecule is CC(C)(C)Cc1cc(-c2[c-]cccc2)ncc1[Si](C)(C)C.CCC(CC)c1ccnc(-c2[c-]ccc3c2sc2ccc(-c4ccccc4)cc23)c1.[Ir]. The van der Waals surface area contributed by atoms with E-state index in [1.54, 1.807) is 0 Å². The van der Waals surface area contributed by atoms with E-state index in [1.807, 2.05) is 41.8 Å². The summed E-state index contributed by atoms with van der Waals surface area (Å²) in [5.74, 6) is 0.585. The summed E-state index contributed by atoms with van der Waals surface area (Å²) in [6.07, 6.45) is 7.47. The van der Waals surface area contributed by atoms with Crippen molar-refractivity contribution in [3.63, 3.8) is 0 Å². The quantitative estimate of drug-likeness (QED) is 0.112. The first-order valence-electron chi connectivity index (χ1n) is 18.3. The van der Waals surface area contributed by atoms with Crippen molar-refractivity contribution >= 4 is 44.8 Å². The zero-order valence-corrected chi connectivity index (χ0v) is 36.0. The largest absolute Gasteiger partial charge is 0.305 e. The molecule has 0 N–H and O–H groups in total. The first-order valence-corrected chi connectivity index (χ1v) is 22.6. The summed E-state index contributed by atoms with van der Waals surface area (Å²) in [4.78, 5) is 9.43. The predicted octanol–water partition coefficient (Wildman–Crippen LogP) is 13.2. The number of fused-ring (bicyclic) bond motifs is 3. The van der Waals surface area contributed by atoms with Gasteiger partial charge in [0.25, 0.3) is 0 Å². The van der Waals surface area contributed by atoms with E-state index < -0.39 is 8.07 Å². The zero-order valence-electron chi connectivity index (χ0n) is 31.8. The Bertz CT molecular complexity index is 2230. The van der Waals surface area contributed by atoms with E-state index >= 15 is 0 Å². The molecular formula is C47H50IrN2SSi-2. The van der Waals surface area contributed by atoms with Crippen LogP contribution in [0.15, 0.2) is 116 Å². The molecule has 1 radical (unpaired) electrons. The molecule has 0 atom stereocenters. The molecule has 7 aromatic rings. The molecule has 0 saturated carbocycles. The minimum atomic E-state index is -1.37. The van der Waals surface area contributed by atoms with Crippen molar-refractivity contribution in [3.05, 3.63) is 139 Å². The third kappa shape index (κ3) is 9.24. The molecular weight excluding hydrogens is 845 g/mol. The first kappa shape index (κ1) is 39.5. The molecule has 0 amide bonds. The van der Waals surface area contributed by atoms with Gasteiger partial charge in [-0.2, -0.15) is 11.3 Å². The summed E-state index contributed by atoms with van der Waals surface area (Å²) in [5, 5.41) is 4.08. The number of benzene rings is 4. The Kier molecular flexibility index (Phi) is 12.9. The van der Waals surface area contributed by atoms with Crippen LogP contribution in [-0.2, 0) is 26.5 Å². The number of thiophene rings is 1. The van der Waals surface area contributed by atoms with Crippen molar-refractivity contribution in [1.29, 1.82) is 0 Å². The number of rotatable bonds is 8. The minimum absolute atomic E-state index is 0. The molecule has 0 bridgehead atoms. The van der Waals surface area contributed by atoms with Crippen LogP contribution in [0.2, 0.25) is 19.6 Å². The van der Waals surface area contributed by atoms with Gasteiger partial charge in [-0.15, -0.1) is 59.7 Å². The molecule has 2 nitrogen and oxygen atoms in total. The van der Waals surface area contributed by atoms with Gasteiger partial charge in [0.1, 0.15) is 0 Å². The molecule has 0 spiro atoms. The molecule has 52 heavy (non-hydrogen) atoms. The second-order valence-corrected chi connectivity index (χ2v) is 21.8. The minimum Gasteiger partial charge on any atom is -0.305 e. The zero-order chi connectivity index (χ0) is 36.2. The van der Waals surface area contributed by atoms with Gasteiger partial charge in [0.15, 0.2) is 0 Å². The fourth-order valence-electron chi connectivity index (χ4n) is 6.93. The Labute approximate surface area is 330 Å². The Morgan fingerprint density at radius 3 is 2.15 bits per heavy atom. The summed E-state index contributed by atoms with van der Waals surface area (Å²) >= 11 is 1.84. The fourth-order valence-corrected chi connectivity index (χ4v) is 9.69. The maximum atomic E-state index is 4.72. The summed E-state index contributed by atoms with van der Waals surface area (Å²) in [7, 11) is -1.37. The van der Waals surface area contributed by atoms with Gasteiger partial charge in [-0.05, 0) is 86.6 Å². The van der Waals surface area contributed by atoms with E-state index in [0.717, 1.165) is 41.8 Å². The molecule has 0 aliphatic rings. The first-order chi connectivity index (χ1) is 24.4. The van der Waals surface area contributed by atoms with Crippen LogP contribution in [0.4, 0.5) is 0 Å². The van der Waals surface area contributed by atoms with Crippen LogP contribution in [-0.4, -0.2) is 18.0 Å². The van der Waals surface area contributed by atoms with Crippen LogP contribution in [0, 0.1) is 17.5 Å². The molecule has 3 heterocycles. The van der Waals surface area contributed by atoms with Crippen molar-refractivity contribution in [3.8, 4) is 33.6 Å². The molecule has 3 aromatic heterocycles. The predicted molar refractivity (Wildman–Crippen MR) is 225 cm³/mol. The van der Waals surface area contributed by atoms with Gasteiger partial charge in [-0.1, -0.05) is 119 Å². The van der Waals surface area contributed by atoms with Gasteiger partial charge >= 0.3 is 0 Å². The molecule has 7 rings (SSSR count). The van der Waals surface area contributed by atoms with Crippen molar-refractivity contribution in [2.24, 2.45) is 5.41 Å². The van der Waals surface area contributed by atoms with Crippen LogP contribution >= 0.6 is 11.3 Å². The van der Waals surface area contributed by atoms with Gasteiger partial charge in [-0.3, -0.25) is 0 Å². The van der Waals surface area contributed by atoms with Gasteiger partial charge in [0.2, 0.25) is 0 Å². The summed E-state index contributed by atoms with van der Waals surface area (Å²) in [5.41, 5.74) is 9.89. The molecule has 0 aliphatic carbocycles. The van der Waals surface area contributed by atoms with Crippen LogP contribution < -0.4 is 5.19 Å². The van der Waals surface area contributed by atoms with Crippen molar-refractivity contribution in [2.75, 3.05) is 0 Å².